The average molecular weight is 273 g/mol. The minimum atomic E-state index is 1.00. The molecule has 0 bridgehead atoms. The first kappa shape index (κ1) is 12.0. The number of H-pyrrole nitrogens is 1. The monoisotopic (exact) mass is 273 g/mol. The van der Waals surface area contributed by atoms with Crippen molar-refractivity contribution in [3.63, 3.8) is 0 Å². The highest BCUT2D eigenvalue weighted by Crippen LogP contribution is 2.25. The van der Waals surface area contributed by atoms with Crippen LogP contribution in [0.1, 0.15) is 5.56 Å². The Morgan fingerprint density at radius 3 is 2.76 bits per heavy atom. The summed E-state index contributed by atoms with van der Waals surface area (Å²) < 4.78 is 2.13. The lowest BCUT2D eigenvalue weighted by Gasteiger charge is -2.06. The van der Waals surface area contributed by atoms with Gasteiger partial charge in [-0.3, -0.25) is 4.98 Å². The van der Waals surface area contributed by atoms with Gasteiger partial charge in [-0.15, -0.1) is 0 Å². The topological polar surface area (TPSA) is 33.6 Å². The van der Waals surface area contributed by atoms with Gasteiger partial charge in [0.15, 0.2) is 0 Å². The highest BCUT2D eigenvalue weighted by Gasteiger charge is 2.07. The van der Waals surface area contributed by atoms with Crippen LogP contribution >= 0.6 is 0 Å². The molecule has 3 heterocycles. The molecule has 3 heteroatoms. The number of aromatic nitrogens is 3. The van der Waals surface area contributed by atoms with Gasteiger partial charge in [0.05, 0.1) is 11.0 Å². The lowest BCUT2D eigenvalue weighted by atomic mass is 10.1. The van der Waals surface area contributed by atoms with E-state index < -0.39 is 0 Å². The molecule has 0 amide bonds. The Hall–Kier alpha value is -2.81. The summed E-state index contributed by atoms with van der Waals surface area (Å²) in [6.07, 6.45) is 5.92. The molecule has 0 atom stereocenters. The van der Waals surface area contributed by atoms with E-state index in [1.54, 1.807) is 0 Å². The van der Waals surface area contributed by atoms with E-state index >= 15 is 0 Å². The summed E-state index contributed by atoms with van der Waals surface area (Å²) in [5.74, 6) is 1.05. The van der Waals surface area contributed by atoms with Crippen molar-refractivity contribution in [1.29, 1.82) is 0 Å². The fraction of sp³-hybridized carbons (Fsp3) is 0.0556. The average Bonchev–Trinajstić information content (AvgIpc) is 3.15. The summed E-state index contributed by atoms with van der Waals surface area (Å²) in [6, 6.07) is 16.8. The number of fused-ring (bicyclic) bond motifs is 1. The zero-order valence-corrected chi connectivity index (χ0v) is 11.7. The molecule has 0 aliphatic rings. The number of aromatic amines is 1. The van der Waals surface area contributed by atoms with Gasteiger partial charge < -0.3 is 9.55 Å². The van der Waals surface area contributed by atoms with E-state index in [0.29, 0.717) is 0 Å². The van der Waals surface area contributed by atoms with Crippen LogP contribution in [-0.4, -0.2) is 14.5 Å². The first-order valence-corrected chi connectivity index (χ1v) is 6.99. The number of nitrogens with one attached hydrogen (secondary N) is 1. The third kappa shape index (κ3) is 2.03. The lowest BCUT2D eigenvalue weighted by molar-refractivity contribution is 1.07. The zero-order chi connectivity index (χ0) is 14.2. The molecule has 4 rings (SSSR count). The third-order valence-electron chi connectivity index (χ3n) is 3.73. The zero-order valence-electron chi connectivity index (χ0n) is 11.7. The third-order valence-corrected chi connectivity index (χ3v) is 3.73. The Bertz CT molecular complexity index is 901. The van der Waals surface area contributed by atoms with Crippen molar-refractivity contribution >= 4 is 11.0 Å². The van der Waals surface area contributed by atoms with Crippen LogP contribution in [0.4, 0.5) is 0 Å². The first-order valence-electron chi connectivity index (χ1n) is 6.99. The largest absolute Gasteiger partial charge is 0.348 e. The summed E-state index contributed by atoms with van der Waals surface area (Å²) in [5.41, 5.74) is 5.70. The molecule has 0 saturated heterocycles. The molecule has 0 aliphatic carbocycles. The summed E-state index contributed by atoms with van der Waals surface area (Å²) >= 11 is 0. The maximum absolute atomic E-state index is 4.58. The second-order valence-electron chi connectivity index (χ2n) is 5.24. The maximum Gasteiger partial charge on any atom is 0.114 e. The number of hydrogen-bond acceptors (Lipinski definition) is 1. The van der Waals surface area contributed by atoms with Crippen LogP contribution in [0, 0.1) is 6.92 Å². The summed E-state index contributed by atoms with van der Waals surface area (Å²) in [6.45, 7) is 2.11. The van der Waals surface area contributed by atoms with E-state index in [4.69, 9.17) is 0 Å². The molecular weight excluding hydrogens is 258 g/mol. The van der Waals surface area contributed by atoms with Crippen LogP contribution in [-0.2, 0) is 0 Å². The minimum Gasteiger partial charge on any atom is -0.348 e. The second kappa shape index (κ2) is 4.63. The smallest absolute Gasteiger partial charge is 0.114 e. The molecule has 1 N–H and O–H groups in total. The summed E-state index contributed by atoms with van der Waals surface area (Å²) in [4.78, 5) is 7.82. The van der Waals surface area contributed by atoms with E-state index in [9.17, 15) is 0 Å². The van der Waals surface area contributed by atoms with Gasteiger partial charge in [-0.25, -0.2) is 0 Å². The van der Waals surface area contributed by atoms with E-state index in [1.165, 1.54) is 11.1 Å². The van der Waals surface area contributed by atoms with Crippen molar-refractivity contribution < 1.29 is 0 Å². The molecule has 21 heavy (non-hydrogen) atoms. The Morgan fingerprint density at radius 1 is 1.00 bits per heavy atom. The number of rotatable bonds is 2. The quantitative estimate of drug-likeness (QED) is 0.579. The van der Waals surface area contributed by atoms with Crippen molar-refractivity contribution in [2.45, 2.75) is 6.92 Å². The fourth-order valence-corrected chi connectivity index (χ4v) is 2.67. The van der Waals surface area contributed by atoms with Crippen molar-refractivity contribution in [2.75, 3.05) is 0 Å². The summed E-state index contributed by atoms with van der Waals surface area (Å²) in [5, 5.41) is 0. The number of benzene rings is 1. The molecule has 1 aromatic carbocycles. The van der Waals surface area contributed by atoms with Gasteiger partial charge in [0.1, 0.15) is 5.82 Å². The SMILES string of the molecule is Cc1cccc(-c2cnc3ccn(-c4ccc[nH]4)c3c2)c1. The molecule has 0 fully saturated rings. The van der Waals surface area contributed by atoms with Crippen molar-refractivity contribution in [3.8, 4) is 16.9 Å². The van der Waals surface area contributed by atoms with Crippen LogP contribution in [0.2, 0.25) is 0 Å². The predicted octanol–water partition coefficient (Wildman–Crippen LogP) is 4.33. The summed E-state index contributed by atoms with van der Waals surface area (Å²) in [7, 11) is 0. The molecule has 0 spiro atoms. The molecule has 3 aromatic heterocycles. The standard InChI is InChI=1S/C18H15N3/c1-13-4-2-5-14(10-13)15-11-17-16(20-12-15)7-9-21(17)18-6-3-8-19-18/h2-12,19H,1H3. The number of aryl methyl sites for hydroxylation is 1. The molecule has 3 nitrogen and oxygen atoms in total. The Morgan fingerprint density at radius 2 is 1.95 bits per heavy atom. The van der Waals surface area contributed by atoms with Crippen LogP contribution in [0.3, 0.4) is 0 Å². The van der Waals surface area contributed by atoms with Gasteiger partial charge in [0, 0.05) is 24.2 Å². The number of pyridine rings is 1. The predicted molar refractivity (Wildman–Crippen MR) is 85.6 cm³/mol. The molecule has 102 valence electrons. The van der Waals surface area contributed by atoms with E-state index in [0.717, 1.165) is 22.4 Å². The Kier molecular flexibility index (Phi) is 2.64. The van der Waals surface area contributed by atoms with Crippen LogP contribution in [0.25, 0.3) is 28.0 Å². The molecule has 0 aliphatic heterocycles. The van der Waals surface area contributed by atoms with Gasteiger partial charge >= 0.3 is 0 Å². The molecule has 0 unspecified atom stereocenters. The van der Waals surface area contributed by atoms with Gasteiger partial charge in [0.25, 0.3) is 0 Å². The van der Waals surface area contributed by atoms with E-state index in [2.05, 4.69) is 57.9 Å². The minimum absolute atomic E-state index is 1.00. The van der Waals surface area contributed by atoms with Crippen LogP contribution in [0.5, 0.6) is 0 Å². The number of nitrogens with zero attached hydrogens (tertiary/aromatic N) is 2. The van der Waals surface area contributed by atoms with E-state index in [1.807, 2.05) is 30.7 Å². The highest BCUT2D eigenvalue weighted by molar-refractivity contribution is 5.82. The second-order valence-corrected chi connectivity index (χ2v) is 5.24. The normalized spacial score (nSPS) is 11.1. The van der Waals surface area contributed by atoms with E-state index in [-0.39, 0.29) is 0 Å². The lowest BCUT2D eigenvalue weighted by Crippen LogP contribution is -1.92. The fourth-order valence-electron chi connectivity index (χ4n) is 2.67. The van der Waals surface area contributed by atoms with Crippen LogP contribution in [0.15, 0.2) is 67.1 Å². The number of hydrogen-bond donors (Lipinski definition) is 1. The molecule has 4 aromatic rings. The highest BCUT2D eigenvalue weighted by atomic mass is 15.1. The first-order chi connectivity index (χ1) is 10.3. The van der Waals surface area contributed by atoms with Gasteiger partial charge in [-0.1, -0.05) is 29.8 Å². The van der Waals surface area contributed by atoms with Crippen molar-refractivity contribution in [2.24, 2.45) is 0 Å². The Balaban J connectivity index is 1.91. The van der Waals surface area contributed by atoms with Crippen molar-refractivity contribution in [1.82, 2.24) is 14.5 Å². The van der Waals surface area contributed by atoms with Gasteiger partial charge in [-0.05, 0) is 36.8 Å². The maximum atomic E-state index is 4.58. The molecular formula is C18H15N3. The Labute approximate surface area is 122 Å². The molecule has 0 radical (unpaired) electrons. The van der Waals surface area contributed by atoms with Crippen LogP contribution < -0.4 is 0 Å². The molecule has 0 saturated carbocycles. The van der Waals surface area contributed by atoms with Gasteiger partial charge in [0.2, 0.25) is 0 Å². The van der Waals surface area contributed by atoms with Crippen molar-refractivity contribution in [3.05, 3.63) is 72.7 Å². The van der Waals surface area contributed by atoms with Gasteiger partial charge in [-0.2, -0.15) is 0 Å².